The molecule has 5 heteroatoms. The maximum Gasteiger partial charge on any atom is 0.193 e. The van der Waals surface area contributed by atoms with Gasteiger partial charge in [-0.05, 0) is 61.4 Å². The molecule has 0 aromatic heterocycles. The molecule has 0 amide bonds. The standard InChI is InChI=1S/C22H29N3O2/c1-16-10-11-18(21(14-16)27-13-12-26-2)15-24-22(23)25-20-9-5-7-17-6-3-4-8-19(17)20/h5,7,9-11,14H,3-4,6,8,12-13,15H2,1-2H3,(H3,23,24,25). The smallest absolute Gasteiger partial charge is 0.193 e. The number of benzene rings is 2. The van der Waals surface area contributed by atoms with Crippen LogP contribution in [0.3, 0.4) is 0 Å². The summed E-state index contributed by atoms with van der Waals surface area (Å²) in [6.45, 7) is 3.58. The molecule has 144 valence electrons. The number of aryl methyl sites for hydroxylation is 2. The lowest BCUT2D eigenvalue weighted by Gasteiger charge is -2.20. The zero-order valence-electron chi connectivity index (χ0n) is 16.3. The fraction of sp³-hybridized carbons (Fsp3) is 0.409. The van der Waals surface area contributed by atoms with Crippen molar-refractivity contribution in [3.05, 3.63) is 58.7 Å². The Morgan fingerprint density at radius 3 is 2.85 bits per heavy atom. The molecule has 0 heterocycles. The summed E-state index contributed by atoms with van der Waals surface area (Å²) in [5.41, 5.74) is 12.2. The number of anilines is 1. The van der Waals surface area contributed by atoms with E-state index in [1.165, 1.54) is 24.0 Å². The van der Waals surface area contributed by atoms with Gasteiger partial charge in [-0.3, -0.25) is 0 Å². The first-order valence-electron chi connectivity index (χ1n) is 9.56. The Balaban J connectivity index is 1.69. The van der Waals surface area contributed by atoms with Crippen LogP contribution < -0.4 is 15.8 Å². The van der Waals surface area contributed by atoms with E-state index in [0.29, 0.717) is 25.7 Å². The second-order valence-electron chi connectivity index (χ2n) is 6.93. The van der Waals surface area contributed by atoms with Crippen LogP contribution in [0.4, 0.5) is 5.69 Å². The summed E-state index contributed by atoms with van der Waals surface area (Å²) in [5, 5.41) is 3.29. The van der Waals surface area contributed by atoms with E-state index in [1.807, 2.05) is 19.1 Å². The largest absolute Gasteiger partial charge is 0.491 e. The van der Waals surface area contributed by atoms with Crippen LogP contribution >= 0.6 is 0 Å². The molecule has 3 N–H and O–H groups in total. The molecule has 0 unspecified atom stereocenters. The molecule has 0 spiro atoms. The van der Waals surface area contributed by atoms with E-state index in [9.17, 15) is 0 Å². The second-order valence-corrected chi connectivity index (χ2v) is 6.93. The summed E-state index contributed by atoms with van der Waals surface area (Å²) in [6, 6.07) is 12.5. The minimum Gasteiger partial charge on any atom is -0.491 e. The zero-order valence-corrected chi connectivity index (χ0v) is 16.3. The van der Waals surface area contributed by atoms with Gasteiger partial charge in [-0.2, -0.15) is 0 Å². The first-order chi connectivity index (χ1) is 13.2. The van der Waals surface area contributed by atoms with Gasteiger partial charge in [0.05, 0.1) is 13.2 Å². The Morgan fingerprint density at radius 1 is 1.15 bits per heavy atom. The SMILES string of the molecule is COCCOc1cc(C)ccc1CN=C(N)Nc1cccc2c1CCCC2. The van der Waals surface area contributed by atoms with E-state index in [4.69, 9.17) is 15.2 Å². The van der Waals surface area contributed by atoms with Crippen LogP contribution in [0.2, 0.25) is 0 Å². The summed E-state index contributed by atoms with van der Waals surface area (Å²) < 4.78 is 10.9. The van der Waals surface area contributed by atoms with Crippen LogP contribution in [-0.4, -0.2) is 26.3 Å². The number of rotatable bonds is 7. The van der Waals surface area contributed by atoms with E-state index in [0.717, 1.165) is 35.4 Å². The summed E-state index contributed by atoms with van der Waals surface area (Å²) in [7, 11) is 1.67. The predicted octanol–water partition coefficient (Wildman–Crippen LogP) is 3.83. The molecule has 2 aromatic rings. The van der Waals surface area contributed by atoms with Crippen LogP contribution in [-0.2, 0) is 24.1 Å². The lowest BCUT2D eigenvalue weighted by atomic mass is 9.90. The minimum absolute atomic E-state index is 0.428. The average molecular weight is 367 g/mol. The molecule has 0 fully saturated rings. The topological polar surface area (TPSA) is 68.9 Å². The Kier molecular flexibility index (Phi) is 6.71. The van der Waals surface area contributed by atoms with Crippen molar-refractivity contribution in [2.24, 2.45) is 10.7 Å². The first-order valence-corrected chi connectivity index (χ1v) is 9.56. The van der Waals surface area contributed by atoms with Gasteiger partial charge in [0.25, 0.3) is 0 Å². The van der Waals surface area contributed by atoms with Crippen molar-refractivity contribution in [3.8, 4) is 5.75 Å². The van der Waals surface area contributed by atoms with Crippen molar-refractivity contribution in [2.75, 3.05) is 25.6 Å². The van der Waals surface area contributed by atoms with E-state index in [1.54, 1.807) is 7.11 Å². The molecule has 0 radical (unpaired) electrons. The second kappa shape index (κ2) is 9.42. The minimum atomic E-state index is 0.428. The van der Waals surface area contributed by atoms with Gasteiger partial charge in [-0.15, -0.1) is 0 Å². The molecule has 3 rings (SSSR count). The van der Waals surface area contributed by atoms with Crippen LogP contribution in [0.25, 0.3) is 0 Å². The maximum atomic E-state index is 6.17. The van der Waals surface area contributed by atoms with Gasteiger partial charge < -0.3 is 20.5 Å². The van der Waals surface area contributed by atoms with Crippen LogP contribution in [0.5, 0.6) is 5.75 Å². The number of guanidine groups is 1. The lowest BCUT2D eigenvalue weighted by Crippen LogP contribution is -2.24. The molecule has 0 saturated heterocycles. The molecule has 0 bridgehead atoms. The number of hydrogen-bond donors (Lipinski definition) is 2. The zero-order chi connectivity index (χ0) is 19.1. The molecular weight excluding hydrogens is 338 g/mol. The number of methoxy groups -OCH3 is 1. The number of hydrogen-bond acceptors (Lipinski definition) is 3. The number of ether oxygens (including phenoxy) is 2. The van der Waals surface area contributed by atoms with Crippen LogP contribution in [0.15, 0.2) is 41.4 Å². The third-order valence-electron chi connectivity index (χ3n) is 4.85. The third-order valence-corrected chi connectivity index (χ3v) is 4.85. The molecule has 2 aromatic carbocycles. The van der Waals surface area contributed by atoms with E-state index in [2.05, 4.69) is 34.6 Å². The molecule has 0 atom stereocenters. The van der Waals surface area contributed by atoms with Gasteiger partial charge >= 0.3 is 0 Å². The van der Waals surface area contributed by atoms with Crippen molar-refractivity contribution in [2.45, 2.75) is 39.2 Å². The Bertz CT molecular complexity index is 802. The van der Waals surface area contributed by atoms with Crippen molar-refractivity contribution in [1.82, 2.24) is 0 Å². The van der Waals surface area contributed by atoms with Crippen LogP contribution in [0.1, 0.15) is 35.1 Å². The van der Waals surface area contributed by atoms with Crippen molar-refractivity contribution < 1.29 is 9.47 Å². The van der Waals surface area contributed by atoms with Crippen molar-refractivity contribution in [1.29, 1.82) is 0 Å². The Morgan fingerprint density at radius 2 is 2.00 bits per heavy atom. The lowest BCUT2D eigenvalue weighted by molar-refractivity contribution is 0.146. The molecule has 0 aliphatic heterocycles. The summed E-state index contributed by atoms with van der Waals surface area (Å²) in [6.07, 6.45) is 4.74. The van der Waals surface area contributed by atoms with E-state index in [-0.39, 0.29) is 0 Å². The fourth-order valence-corrected chi connectivity index (χ4v) is 3.41. The quantitative estimate of drug-likeness (QED) is 0.443. The monoisotopic (exact) mass is 367 g/mol. The normalized spacial score (nSPS) is 13.9. The van der Waals surface area contributed by atoms with Crippen LogP contribution in [0, 0.1) is 6.92 Å². The number of aliphatic imine (C=N–C) groups is 1. The number of fused-ring (bicyclic) bond motifs is 1. The van der Waals surface area contributed by atoms with Crippen molar-refractivity contribution >= 4 is 11.6 Å². The molecule has 5 nitrogen and oxygen atoms in total. The molecule has 1 aliphatic rings. The Hall–Kier alpha value is -2.53. The molecular formula is C22H29N3O2. The van der Waals surface area contributed by atoms with Gasteiger partial charge in [0, 0.05) is 18.4 Å². The van der Waals surface area contributed by atoms with Gasteiger partial charge in [0.2, 0.25) is 0 Å². The van der Waals surface area contributed by atoms with Gasteiger partial charge in [0.15, 0.2) is 5.96 Å². The first kappa shape index (κ1) is 19.2. The highest BCUT2D eigenvalue weighted by Gasteiger charge is 2.13. The van der Waals surface area contributed by atoms with Gasteiger partial charge in [-0.1, -0.05) is 24.3 Å². The third kappa shape index (κ3) is 5.23. The Labute approximate surface area is 161 Å². The number of nitrogens with one attached hydrogen (secondary N) is 1. The highest BCUT2D eigenvalue weighted by atomic mass is 16.5. The highest BCUT2D eigenvalue weighted by Crippen LogP contribution is 2.28. The summed E-state index contributed by atoms with van der Waals surface area (Å²) >= 11 is 0. The molecule has 0 saturated carbocycles. The number of nitrogens with two attached hydrogens (primary N) is 1. The predicted molar refractivity (Wildman–Crippen MR) is 111 cm³/mol. The number of nitrogens with zero attached hydrogens (tertiary/aromatic N) is 1. The summed E-state index contributed by atoms with van der Waals surface area (Å²) in [4.78, 5) is 4.53. The van der Waals surface area contributed by atoms with E-state index >= 15 is 0 Å². The maximum absolute atomic E-state index is 6.17. The van der Waals surface area contributed by atoms with Gasteiger partial charge in [0.1, 0.15) is 12.4 Å². The summed E-state index contributed by atoms with van der Waals surface area (Å²) in [5.74, 6) is 1.26. The average Bonchev–Trinajstić information content (AvgIpc) is 2.68. The fourth-order valence-electron chi connectivity index (χ4n) is 3.41. The highest BCUT2D eigenvalue weighted by molar-refractivity contribution is 5.93. The molecule has 1 aliphatic carbocycles. The molecule has 27 heavy (non-hydrogen) atoms. The van der Waals surface area contributed by atoms with Crippen molar-refractivity contribution in [3.63, 3.8) is 0 Å². The van der Waals surface area contributed by atoms with E-state index < -0.39 is 0 Å². The van der Waals surface area contributed by atoms with Gasteiger partial charge in [-0.25, -0.2) is 4.99 Å².